The lowest BCUT2D eigenvalue weighted by molar-refractivity contribution is -0.364. The van der Waals surface area contributed by atoms with Crippen molar-refractivity contribution in [2.75, 3.05) is 5.73 Å². The first-order valence-electron chi connectivity index (χ1n) is 8.22. The first kappa shape index (κ1) is 15.7. The van der Waals surface area contributed by atoms with Crippen LogP contribution in [0.2, 0.25) is 0 Å². The highest BCUT2D eigenvalue weighted by molar-refractivity contribution is 6.09. The van der Waals surface area contributed by atoms with E-state index in [-0.39, 0.29) is 5.82 Å². The number of benzene rings is 1. The lowest BCUT2D eigenvalue weighted by Gasteiger charge is -2.08. The van der Waals surface area contributed by atoms with Crippen LogP contribution < -0.4 is 10.7 Å². The van der Waals surface area contributed by atoms with Gasteiger partial charge in [0.05, 0.1) is 0 Å². The SMILES string of the molecule is CC1=C(C#N)c2[nH+]c(N)c(C#N)c(C)c2/C1=C/c1c[nH]c2ccccc12. The second-order valence-electron chi connectivity index (χ2n) is 6.36. The highest BCUT2D eigenvalue weighted by Gasteiger charge is 2.32. The minimum Gasteiger partial charge on any atom is -0.361 e. The number of fused-ring (bicyclic) bond motifs is 2. The molecule has 2 aromatic heterocycles. The summed E-state index contributed by atoms with van der Waals surface area (Å²) in [6.45, 7) is 3.80. The first-order chi connectivity index (χ1) is 12.6. The maximum atomic E-state index is 9.64. The van der Waals surface area contributed by atoms with Crippen LogP contribution in [0.3, 0.4) is 0 Å². The fraction of sp³-hybridized carbons (Fsp3) is 0.0952. The van der Waals surface area contributed by atoms with Gasteiger partial charge in [-0.05, 0) is 42.7 Å². The summed E-state index contributed by atoms with van der Waals surface area (Å²) in [6.07, 6.45) is 4.02. The Morgan fingerprint density at radius 2 is 1.92 bits per heavy atom. The number of nitriles is 2. The van der Waals surface area contributed by atoms with Crippen LogP contribution in [0.15, 0.2) is 36.0 Å². The molecule has 0 saturated heterocycles. The quantitative estimate of drug-likeness (QED) is 0.708. The van der Waals surface area contributed by atoms with Crippen molar-refractivity contribution in [3.05, 3.63) is 64.0 Å². The normalized spacial score (nSPS) is 14.5. The fourth-order valence-corrected chi connectivity index (χ4v) is 3.64. The van der Waals surface area contributed by atoms with Crippen molar-refractivity contribution >= 4 is 33.9 Å². The van der Waals surface area contributed by atoms with E-state index in [0.29, 0.717) is 16.8 Å². The number of nitrogens with two attached hydrogens (primary N) is 1. The zero-order valence-electron chi connectivity index (χ0n) is 14.4. The molecule has 0 saturated carbocycles. The molecule has 5 heteroatoms. The minimum absolute atomic E-state index is 0.289. The lowest BCUT2D eigenvalue weighted by Crippen LogP contribution is -2.20. The van der Waals surface area contributed by atoms with E-state index >= 15 is 0 Å². The van der Waals surface area contributed by atoms with E-state index in [1.165, 1.54) is 0 Å². The van der Waals surface area contributed by atoms with Gasteiger partial charge in [0.15, 0.2) is 5.69 Å². The Hall–Kier alpha value is -3.83. The lowest BCUT2D eigenvalue weighted by atomic mass is 9.95. The molecule has 3 aromatic rings. The second-order valence-corrected chi connectivity index (χ2v) is 6.36. The summed E-state index contributed by atoms with van der Waals surface area (Å²) in [4.78, 5) is 6.32. The van der Waals surface area contributed by atoms with E-state index in [1.54, 1.807) is 0 Å². The maximum Gasteiger partial charge on any atom is 0.289 e. The molecule has 0 aliphatic heterocycles. The van der Waals surface area contributed by atoms with Crippen molar-refractivity contribution < 1.29 is 4.98 Å². The number of para-hydroxylation sites is 1. The van der Waals surface area contributed by atoms with E-state index in [0.717, 1.165) is 38.7 Å². The van der Waals surface area contributed by atoms with Gasteiger partial charge in [0.2, 0.25) is 0 Å². The Balaban J connectivity index is 2.04. The van der Waals surface area contributed by atoms with Gasteiger partial charge in [0.25, 0.3) is 5.82 Å². The highest BCUT2D eigenvalue weighted by atomic mass is 14.9. The number of H-pyrrole nitrogens is 2. The van der Waals surface area contributed by atoms with Crippen molar-refractivity contribution in [2.45, 2.75) is 13.8 Å². The number of pyridine rings is 1. The largest absolute Gasteiger partial charge is 0.361 e. The zero-order valence-corrected chi connectivity index (χ0v) is 14.4. The molecule has 0 amide bonds. The molecule has 0 unspecified atom stereocenters. The van der Waals surface area contributed by atoms with Gasteiger partial charge in [-0.2, -0.15) is 10.5 Å². The molecular weight excluding hydrogens is 322 g/mol. The smallest absolute Gasteiger partial charge is 0.289 e. The van der Waals surface area contributed by atoms with Crippen LogP contribution in [-0.2, 0) is 0 Å². The summed E-state index contributed by atoms with van der Waals surface area (Å²) >= 11 is 0. The predicted molar refractivity (Wildman–Crippen MR) is 101 cm³/mol. The Kier molecular flexibility index (Phi) is 3.39. The average Bonchev–Trinajstić information content (AvgIpc) is 3.15. The molecule has 124 valence electrons. The van der Waals surface area contributed by atoms with Crippen LogP contribution in [-0.4, -0.2) is 4.98 Å². The molecule has 2 heterocycles. The summed E-state index contributed by atoms with van der Waals surface area (Å²) in [6, 6.07) is 12.5. The predicted octanol–water partition coefficient (Wildman–Crippen LogP) is 3.60. The molecule has 5 nitrogen and oxygen atoms in total. The summed E-state index contributed by atoms with van der Waals surface area (Å²) in [5, 5.41) is 20.2. The first-order valence-corrected chi connectivity index (χ1v) is 8.22. The molecule has 1 aromatic carbocycles. The molecule has 0 fully saturated rings. The third-order valence-corrected chi connectivity index (χ3v) is 4.97. The molecule has 0 bridgehead atoms. The van der Waals surface area contributed by atoms with Crippen molar-refractivity contribution in [1.29, 1.82) is 10.5 Å². The Morgan fingerprint density at radius 3 is 2.65 bits per heavy atom. The van der Waals surface area contributed by atoms with E-state index in [2.05, 4.69) is 34.2 Å². The van der Waals surface area contributed by atoms with Gasteiger partial charge in [0.1, 0.15) is 23.3 Å². The third-order valence-electron chi connectivity index (χ3n) is 4.97. The van der Waals surface area contributed by atoms with Gasteiger partial charge in [-0.3, -0.25) is 5.73 Å². The molecule has 0 radical (unpaired) electrons. The number of aromatic amines is 2. The monoisotopic (exact) mass is 338 g/mol. The Morgan fingerprint density at radius 1 is 1.15 bits per heavy atom. The molecular formula is C21H16N5+. The van der Waals surface area contributed by atoms with Crippen LogP contribution >= 0.6 is 0 Å². The van der Waals surface area contributed by atoms with Crippen LogP contribution in [0, 0.1) is 29.6 Å². The van der Waals surface area contributed by atoms with Crippen molar-refractivity contribution in [3.63, 3.8) is 0 Å². The van der Waals surface area contributed by atoms with E-state index in [1.807, 2.05) is 38.2 Å². The zero-order chi connectivity index (χ0) is 18.4. The molecule has 4 N–H and O–H groups in total. The maximum absolute atomic E-state index is 9.64. The number of anilines is 1. The topological polar surface area (TPSA) is 104 Å². The number of allylic oxidation sites excluding steroid dienone is 3. The van der Waals surface area contributed by atoms with E-state index < -0.39 is 0 Å². The third kappa shape index (κ3) is 2.05. The number of nitrogen functional groups attached to an aromatic ring is 1. The minimum atomic E-state index is 0.289. The van der Waals surface area contributed by atoms with E-state index in [4.69, 9.17) is 5.73 Å². The summed E-state index contributed by atoms with van der Waals surface area (Å²) in [5.41, 5.74) is 13.2. The number of rotatable bonds is 1. The van der Waals surface area contributed by atoms with E-state index in [9.17, 15) is 10.5 Å². The van der Waals surface area contributed by atoms with Gasteiger partial charge in [-0.15, -0.1) is 0 Å². The van der Waals surface area contributed by atoms with Crippen LogP contribution in [0.4, 0.5) is 5.82 Å². The van der Waals surface area contributed by atoms with Crippen molar-refractivity contribution in [1.82, 2.24) is 4.98 Å². The van der Waals surface area contributed by atoms with Gasteiger partial charge in [-0.1, -0.05) is 18.2 Å². The highest BCUT2D eigenvalue weighted by Crippen LogP contribution is 2.43. The Bertz CT molecular complexity index is 1230. The average molecular weight is 338 g/mol. The van der Waals surface area contributed by atoms with Crippen LogP contribution in [0.1, 0.15) is 34.9 Å². The molecule has 1 aliphatic rings. The molecule has 0 spiro atoms. The van der Waals surface area contributed by atoms with Gasteiger partial charge in [-0.25, -0.2) is 4.98 Å². The standard InChI is InChI=1S/C21H15N5/c1-11-15(7-13-10-25-18-6-4-3-5-14(13)18)19-12(2)17(9-23)21(24)26-20(19)16(11)8-22/h3-7,10,25H,1-2H3,(H2,24,26)/p+1/b15-7+. The number of nitrogens with zero attached hydrogens (tertiary/aromatic N) is 2. The number of hydrogen-bond acceptors (Lipinski definition) is 3. The molecule has 4 rings (SSSR count). The van der Waals surface area contributed by atoms with Gasteiger partial charge < -0.3 is 4.98 Å². The summed E-state index contributed by atoms with van der Waals surface area (Å²) < 4.78 is 0. The summed E-state index contributed by atoms with van der Waals surface area (Å²) in [7, 11) is 0. The fourth-order valence-electron chi connectivity index (χ4n) is 3.64. The number of nitrogens with one attached hydrogen (secondary N) is 2. The van der Waals surface area contributed by atoms with Crippen molar-refractivity contribution in [3.8, 4) is 12.1 Å². The molecule has 26 heavy (non-hydrogen) atoms. The number of aromatic nitrogens is 2. The van der Waals surface area contributed by atoms with Crippen LogP contribution in [0.25, 0.3) is 28.1 Å². The second kappa shape index (κ2) is 5.61. The van der Waals surface area contributed by atoms with Crippen LogP contribution in [0.5, 0.6) is 0 Å². The van der Waals surface area contributed by atoms with Gasteiger partial charge >= 0.3 is 0 Å². The van der Waals surface area contributed by atoms with Crippen molar-refractivity contribution in [2.24, 2.45) is 0 Å². The van der Waals surface area contributed by atoms with Gasteiger partial charge in [0, 0.05) is 28.2 Å². The number of hydrogen-bond donors (Lipinski definition) is 2. The molecule has 0 atom stereocenters. The molecule has 1 aliphatic carbocycles. The Labute approximate surface area is 150 Å². The summed E-state index contributed by atoms with van der Waals surface area (Å²) in [5.74, 6) is 0.289.